The van der Waals surface area contributed by atoms with Crippen LogP contribution >= 0.6 is 23.2 Å². The summed E-state index contributed by atoms with van der Waals surface area (Å²) in [7, 11) is 0. The highest BCUT2D eigenvalue weighted by Crippen LogP contribution is 2.27. The monoisotopic (exact) mass is 325 g/mol. The second-order valence-corrected chi connectivity index (χ2v) is 5.83. The van der Waals surface area contributed by atoms with Crippen LogP contribution in [0.3, 0.4) is 0 Å². The first-order valence-corrected chi connectivity index (χ1v) is 7.78. The van der Waals surface area contributed by atoms with Gasteiger partial charge in [0.05, 0.1) is 10.0 Å². The molecule has 4 heteroatoms. The summed E-state index contributed by atoms with van der Waals surface area (Å²) in [5.74, 6) is -0.212. The SMILES string of the molecule is CCCNC(Cc1cccc(F)c1)c1ccc(Cl)c(Cl)c1. The summed E-state index contributed by atoms with van der Waals surface area (Å²) in [6.45, 7) is 3.00. The molecule has 0 spiro atoms. The van der Waals surface area contributed by atoms with Crippen molar-refractivity contribution in [2.24, 2.45) is 0 Å². The predicted octanol–water partition coefficient (Wildman–Crippen LogP) is 5.42. The highest BCUT2D eigenvalue weighted by atomic mass is 35.5. The van der Waals surface area contributed by atoms with E-state index in [1.807, 2.05) is 18.2 Å². The Hall–Kier alpha value is -1.09. The van der Waals surface area contributed by atoms with Gasteiger partial charge in [-0.1, -0.05) is 48.3 Å². The number of halogens is 3. The van der Waals surface area contributed by atoms with Crippen LogP contribution in [0, 0.1) is 5.82 Å². The van der Waals surface area contributed by atoms with E-state index in [2.05, 4.69) is 12.2 Å². The lowest BCUT2D eigenvalue weighted by Gasteiger charge is -2.20. The lowest BCUT2D eigenvalue weighted by molar-refractivity contribution is 0.527. The minimum atomic E-state index is -0.212. The first-order chi connectivity index (χ1) is 10.1. The topological polar surface area (TPSA) is 12.0 Å². The maximum atomic E-state index is 13.3. The number of nitrogens with one attached hydrogen (secondary N) is 1. The van der Waals surface area contributed by atoms with Crippen molar-refractivity contribution in [1.82, 2.24) is 5.32 Å². The molecule has 1 N–H and O–H groups in total. The molecule has 1 atom stereocenters. The summed E-state index contributed by atoms with van der Waals surface area (Å²) >= 11 is 12.1. The molecule has 1 unspecified atom stereocenters. The Balaban J connectivity index is 2.22. The highest BCUT2D eigenvalue weighted by molar-refractivity contribution is 6.42. The smallest absolute Gasteiger partial charge is 0.123 e. The lowest BCUT2D eigenvalue weighted by atomic mass is 9.98. The van der Waals surface area contributed by atoms with Crippen molar-refractivity contribution in [1.29, 1.82) is 0 Å². The molecule has 2 aromatic rings. The minimum Gasteiger partial charge on any atom is -0.310 e. The first kappa shape index (κ1) is 16.3. The molecule has 0 aromatic heterocycles. The van der Waals surface area contributed by atoms with Crippen molar-refractivity contribution < 1.29 is 4.39 Å². The van der Waals surface area contributed by atoms with Crippen molar-refractivity contribution in [3.63, 3.8) is 0 Å². The third kappa shape index (κ3) is 4.70. The molecule has 2 rings (SSSR count). The van der Waals surface area contributed by atoms with Gasteiger partial charge in [-0.15, -0.1) is 0 Å². The Labute approximate surface area is 135 Å². The van der Waals surface area contributed by atoms with Gasteiger partial charge in [-0.25, -0.2) is 4.39 Å². The van der Waals surface area contributed by atoms with E-state index in [-0.39, 0.29) is 11.9 Å². The maximum Gasteiger partial charge on any atom is 0.123 e. The van der Waals surface area contributed by atoms with Crippen molar-refractivity contribution in [2.75, 3.05) is 6.54 Å². The fraction of sp³-hybridized carbons (Fsp3) is 0.294. The normalized spacial score (nSPS) is 12.4. The standard InChI is InChI=1S/C17H18Cl2FN/c1-2-8-21-17(10-12-4-3-5-14(20)9-12)13-6-7-15(18)16(19)11-13/h3-7,9,11,17,21H,2,8,10H2,1H3. The first-order valence-electron chi connectivity index (χ1n) is 7.03. The quantitative estimate of drug-likeness (QED) is 0.748. The summed E-state index contributed by atoms with van der Waals surface area (Å²) in [6.07, 6.45) is 1.73. The van der Waals surface area contributed by atoms with E-state index in [4.69, 9.17) is 23.2 Å². The van der Waals surface area contributed by atoms with Gasteiger partial charge in [-0.3, -0.25) is 0 Å². The van der Waals surface area contributed by atoms with E-state index in [1.54, 1.807) is 18.2 Å². The van der Waals surface area contributed by atoms with Crippen LogP contribution in [0.4, 0.5) is 4.39 Å². The largest absolute Gasteiger partial charge is 0.310 e. The Morgan fingerprint density at radius 2 is 1.90 bits per heavy atom. The van der Waals surface area contributed by atoms with Crippen molar-refractivity contribution in [3.8, 4) is 0 Å². The van der Waals surface area contributed by atoms with Crippen molar-refractivity contribution in [3.05, 3.63) is 69.5 Å². The minimum absolute atomic E-state index is 0.0847. The zero-order chi connectivity index (χ0) is 15.2. The zero-order valence-corrected chi connectivity index (χ0v) is 13.4. The molecule has 0 aliphatic rings. The Kier molecular flexibility index (Phi) is 6.04. The fourth-order valence-corrected chi connectivity index (χ4v) is 2.56. The maximum absolute atomic E-state index is 13.3. The Bertz CT molecular complexity index is 601. The molecule has 0 saturated heterocycles. The van der Waals surface area contributed by atoms with Gasteiger partial charge in [0.15, 0.2) is 0 Å². The average molecular weight is 326 g/mol. The van der Waals surface area contributed by atoms with Gasteiger partial charge in [0.1, 0.15) is 5.82 Å². The summed E-state index contributed by atoms with van der Waals surface area (Å²) < 4.78 is 13.3. The molecule has 2 aromatic carbocycles. The van der Waals surface area contributed by atoms with Gasteiger partial charge < -0.3 is 5.32 Å². The summed E-state index contributed by atoms with van der Waals surface area (Å²) in [6, 6.07) is 12.4. The van der Waals surface area contributed by atoms with Gasteiger partial charge in [0.2, 0.25) is 0 Å². The van der Waals surface area contributed by atoms with Crippen LogP contribution in [0.1, 0.15) is 30.5 Å². The van der Waals surface area contributed by atoms with Gasteiger partial charge in [0, 0.05) is 6.04 Å². The molecular formula is C17H18Cl2FN. The van der Waals surface area contributed by atoms with Crippen LogP contribution in [0.15, 0.2) is 42.5 Å². The third-order valence-corrected chi connectivity index (χ3v) is 4.05. The Morgan fingerprint density at radius 3 is 2.57 bits per heavy atom. The molecular weight excluding hydrogens is 308 g/mol. The number of hydrogen-bond donors (Lipinski definition) is 1. The van der Waals surface area contributed by atoms with Crippen molar-refractivity contribution in [2.45, 2.75) is 25.8 Å². The van der Waals surface area contributed by atoms with E-state index in [1.165, 1.54) is 6.07 Å². The summed E-state index contributed by atoms with van der Waals surface area (Å²) in [5.41, 5.74) is 2.01. The van der Waals surface area contributed by atoms with E-state index in [0.29, 0.717) is 16.5 Å². The molecule has 0 saturated carbocycles. The third-order valence-electron chi connectivity index (χ3n) is 3.32. The van der Waals surface area contributed by atoms with Crippen LogP contribution in [0.25, 0.3) is 0 Å². The number of rotatable bonds is 6. The van der Waals surface area contributed by atoms with E-state index < -0.39 is 0 Å². The summed E-state index contributed by atoms with van der Waals surface area (Å²) in [5, 5.41) is 4.56. The van der Waals surface area contributed by atoms with Gasteiger partial charge >= 0.3 is 0 Å². The molecule has 0 aliphatic heterocycles. The van der Waals surface area contributed by atoms with Crippen LogP contribution in [-0.2, 0) is 6.42 Å². The second kappa shape index (κ2) is 7.79. The molecule has 0 heterocycles. The Morgan fingerprint density at radius 1 is 1.10 bits per heavy atom. The van der Waals surface area contributed by atoms with Crippen LogP contribution < -0.4 is 5.32 Å². The molecule has 0 amide bonds. The van der Waals surface area contributed by atoms with E-state index in [9.17, 15) is 4.39 Å². The van der Waals surface area contributed by atoms with E-state index in [0.717, 1.165) is 24.1 Å². The average Bonchev–Trinajstić information content (AvgIpc) is 2.46. The van der Waals surface area contributed by atoms with Gasteiger partial charge in [0.25, 0.3) is 0 Å². The van der Waals surface area contributed by atoms with Crippen LogP contribution in [0.2, 0.25) is 10.0 Å². The van der Waals surface area contributed by atoms with Crippen molar-refractivity contribution >= 4 is 23.2 Å². The van der Waals surface area contributed by atoms with E-state index >= 15 is 0 Å². The molecule has 0 bridgehead atoms. The molecule has 1 nitrogen and oxygen atoms in total. The lowest BCUT2D eigenvalue weighted by Crippen LogP contribution is -2.24. The fourth-order valence-electron chi connectivity index (χ4n) is 2.26. The molecule has 112 valence electrons. The summed E-state index contributed by atoms with van der Waals surface area (Å²) in [4.78, 5) is 0. The number of benzene rings is 2. The van der Waals surface area contributed by atoms with Gasteiger partial charge in [-0.2, -0.15) is 0 Å². The highest BCUT2D eigenvalue weighted by Gasteiger charge is 2.13. The number of hydrogen-bond acceptors (Lipinski definition) is 1. The van der Waals surface area contributed by atoms with Gasteiger partial charge in [-0.05, 0) is 54.8 Å². The molecule has 0 fully saturated rings. The zero-order valence-electron chi connectivity index (χ0n) is 11.9. The predicted molar refractivity (Wildman–Crippen MR) is 87.6 cm³/mol. The van der Waals surface area contributed by atoms with Crippen LogP contribution in [0.5, 0.6) is 0 Å². The van der Waals surface area contributed by atoms with Crippen LogP contribution in [-0.4, -0.2) is 6.54 Å². The molecule has 0 radical (unpaired) electrons. The second-order valence-electron chi connectivity index (χ2n) is 5.01. The molecule has 21 heavy (non-hydrogen) atoms. The molecule has 0 aliphatic carbocycles.